The lowest BCUT2D eigenvalue weighted by molar-refractivity contribution is 0.570. The monoisotopic (exact) mass is 251 g/mol. The van der Waals surface area contributed by atoms with Gasteiger partial charge < -0.3 is 0 Å². The van der Waals surface area contributed by atoms with Gasteiger partial charge in [0.2, 0.25) is 0 Å². The number of benzene rings is 1. The topological polar surface area (TPSA) is 30.7 Å². The highest BCUT2D eigenvalue weighted by atomic mass is 15.1. The SMILES string of the molecule is CC(C)(C)c1cc2ncn(-c3ccccc3)c2cn1. The van der Waals surface area contributed by atoms with Crippen molar-refractivity contribution < 1.29 is 0 Å². The van der Waals surface area contributed by atoms with Gasteiger partial charge in [0.15, 0.2) is 0 Å². The van der Waals surface area contributed by atoms with Crippen molar-refractivity contribution in [2.24, 2.45) is 0 Å². The first-order chi connectivity index (χ1) is 9.05. The molecule has 0 radical (unpaired) electrons. The van der Waals surface area contributed by atoms with Crippen molar-refractivity contribution in [3.8, 4) is 5.69 Å². The zero-order chi connectivity index (χ0) is 13.5. The highest BCUT2D eigenvalue weighted by Gasteiger charge is 2.16. The fraction of sp³-hybridized carbons (Fsp3) is 0.250. The Morgan fingerprint density at radius 2 is 1.74 bits per heavy atom. The molecule has 0 aliphatic rings. The van der Waals surface area contributed by atoms with E-state index in [0.29, 0.717) is 0 Å². The van der Waals surface area contributed by atoms with E-state index in [4.69, 9.17) is 0 Å². The summed E-state index contributed by atoms with van der Waals surface area (Å²) in [7, 11) is 0. The van der Waals surface area contributed by atoms with E-state index in [1.165, 1.54) is 0 Å². The average molecular weight is 251 g/mol. The quantitative estimate of drug-likeness (QED) is 0.660. The summed E-state index contributed by atoms with van der Waals surface area (Å²) >= 11 is 0. The molecule has 0 bridgehead atoms. The number of aromatic nitrogens is 3. The second-order valence-electron chi connectivity index (χ2n) is 5.76. The molecule has 0 fully saturated rings. The van der Waals surface area contributed by atoms with E-state index in [9.17, 15) is 0 Å². The lowest BCUT2D eigenvalue weighted by Crippen LogP contribution is -2.13. The number of para-hydroxylation sites is 1. The maximum Gasteiger partial charge on any atom is 0.100 e. The molecule has 0 saturated heterocycles. The number of hydrogen-bond acceptors (Lipinski definition) is 2. The van der Waals surface area contributed by atoms with Gasteiger partial charge in [0.05, 0.1) is 17.2 Å². The van der Waals surface area contributed by atoms with Gasteiger partial charge in [0, 0.05) is 16.8 Å². The van der Waals surface area contributed by atoms with E-state index in [-0.39, 0.29) is 5.41 Å². The van der Waals surface area contributed by atoms with Gasteiger partial charge in [-0.05, 0) is 18.2 Å². The van der Waals surface area contributed by atoms with Crippen LogP contribution in [0.3, 0.4) is 0 Å². The fourth-order valence-corrected chi connectivity index (χ4v) is 2.11. The Bertz CT molecular complexity index is 706. The molecule has 3 aromatic rings. The maximum atomic E-state index is 4.58. The van der Waals surface area contributed by atoms with Gasteiger partial charge in [0.1, 0.15) is 6.33 Å². The predicted octanol–water partition coefficient (Wildman–Crippen LogP) is 3.72. The minimum atomic E-state index is 0.0463. The molecule has 2 heterocycles. The second kappa shape index (κ2) is 4.19. The molecule has 0 saturated carbocycles. The summed E-state index contributed by atoms with van der Waals surface area (Å²) in [4.78, 5) is 9.07. The Morgan fingerprint density at radius 1 is 1.00 bits per heavy atom. The van der Waals surface area contributed by atoms with Crippen LogP contribution < -0.4 is 0 Å². The van der Waals surface area contributed by atoms with Crippen molar-refractivity contribution >= 4 is 11.0 Å². The van der Waals surface area contributed by atoms with Crippen molar-refractivity contribution in [3.05, 3.63) is 54.6 Å². The van der Waals surface area contributed by atoms with Crippen LogP contribution in [0.25, 0.3) is 16.7 Å². The molecule has 3 heteroatoms. The number of hydrogen-bond donors (Lipinski definition) is 0. The molecular weight excluding hydrogens is 234 g/mol. The van der Waals surface area contributed by atoms with Crippen molar-refractivity contribution in [3.63, 3.8) is 0 Å². The first-order valence-corrected chi connectivity index (χ1v) is 6.45. The Kier molecular flexibility index (Phi) is 2.63. The van der Waals surface area contributed by atoms with Gasteiger partial charge in [0.25, 0.3) is 0 Å². The zero-order valence-corrected chi connectivity index (χ0v) is 11.5. The minimum Gasteiger partial charge on any atom is -0.297 e. The number of pyridine rings is 1. The Morgan fingerprint density at radius 3 is 2.42 bits per heavy atom. The Hall–Kier alpha value is -2.16. The smallest absolute Gasteiger partial charge is 0.100 e. The molecule has 0 unspecified atom stereocenters. The van der Waals surface area contributed by atoms with E-state index in [0.717, 1.165) is 22.4 Å². The first kappa shape index (κ1) is 11.9. The van der Waals surface area contributed by atoms with Crippen LogP contribution in [-0.4, -0.2) is 14.5 Å². The molecule has 0 N–H and O–H groups in total. The van der Waals surface area contributed by atoms with Crippen molar-refractivity contribution in [2.45, 2.75) is 26.2 Å². The molecule has 0 amide bonds. The normalized spacial score (nSPS) is 11.9. The fourth-order valence-electron chi connectivity index (χ4n) is 2.11. The third-order valence-electron chi connectivity index (χ3n) is 3.24. The van der Waals surface area contributed by atoms with Gasteiger partial charge in [-0.3, -0.25) is 9.55 Å². The number of rotatable bonds is 1. The average Bonchev–Trinajstić information content (AvgIpc) is 2.81. The lowest BCUT2D eigenvalue weighted by atomic mass is 9.91. The lowest BCUT2D eigenvalue weighted by Gasteiger charge is -2.17. The third-order valence-corrected chi connectivity index (χ3v) is 3.24. The van der Waals surface area contributed by atoms with E-state index < -0.39 is 0 Å². The molecule has 0 aliphatic carbocycles. The standard InChI is InChI=1S/C16H17N3/c1-16(2,3)15-9-13-14(10-17-15)19(11-18-13)12-7-5-4-6-8-12/h4-11H,1-3H3. The van der Waals surface area contributed by atoms with Gasteiger partial charge >= 0.3 is 0 Å². The van der Waals surface area contributed by atoms with Gasteiger partial charge in [-0.2, -0.15) is 0 Å². The molecule has 0 atom stereocenters. The van der Waals surface area contributed by atoms with Crippen molar-refractivity contribution in [1.82, 2.24) is 14.5 Å². The Balaban J connectivity index is 2.16. The molecule has 0 spiro atoms. The minimum absolute atomic E-state index is 0.0463. The third kappa shape index (κ3) is 2.12. The summed E-state index contributed by atoms with van der Waals surface area (Å²) in [5.41, 5.74) is 4.25. The molecule has 2 aromatic heterocycles. The Labute approximate surface area is 112 Å². The number of fused-ring (bicyclic) bond motifs is 1. The van der Waals surface area contributed by atoms with Crippen molar-refractivity contribution in [1.29, 1.82) is 0 Å². The van der Waals surface area contributed by atoms with Gasteiger partial charge in [-0.15, -0.1) is 0 Å². The highest BCUT2D eigenvalue weighted by Crippen LogP contribution is 2.24. The van der Waals surface area contributed by atoms with E-state index in [1.54, 1.807) is 0 Å². The summed E-state index contributed by atoms with van der Waals surface area (Å²) in [6.45, 7) is 6.49. The molecule has 0 aliphatic heterocycles. The largest absolute Gasteiger partial charge is 0.297 e. The molecule has 3 nitrogen and oxygen atoms in total. The predicted molar refractivity (Wildman–Crippen MR) is 77.6 cm³/mol. The first-order valence-electron chi connectivity index (χ1n) is 6.45. The van der Waals surface area contributed by atoms with Crippen LogP contribution in [0.1, 0.15) is 26.5 Å². The molecular formula is C16H17N3. The zero-order valence-electron chi connectivity index (χ0n) is 11.5. The van der Waals surface area contributed by atoms with Crippen LogP contribution in [0.15, 0.2) is 48.9 Å². The maximum absolute atomic E-state index is 4.58. The second-order valence-corrected chi connectivity index (χ2v) is 5.76. The number of imidazole rings is 1. The molecule has 19 heavy (non-hydrogen) atoms. The summed E-state index contributed by atoms with van der Waals surface area (Å²) < 4.78 is 2.06. The van der Waals surface area contributed by atoms with Crippen LogP contribution in [0.5, 0.6) is 0 Å². The number of nitrogens with zero attached hydrogens (tertiary/aromatic N) is 3. The summed E-state index contributed by atoms with van der Waals surface area (Å²) in [6, 6.07) is 12.3. The van der Waals surface area contributed by atoms with E-state index >= 15 is 0 Å². The van der Waals surface area contributed by atoms with Crippen LogP contribution in [0.4, 0.5) is 0 Å². The summed E-state index contributed by atoms with van der Waals surface area (Å²) in [6.07, 6.45) is 3.77. The molecule has 96 valence electrons. The van der Waals surface area contributed by atoms with E-state index in [2.05, 4.69) is 53.5 Å². The summed E-state index contributed by atoms with van der Waals surface area (Å²) in [5.74, 6) is 0. The summed E-state index contributed by atoms with van der Waals surface area (Å²) in [5, 5.41) is 0. The molecule has 1 aromatic carbocycles. The van der Waals surface area contributed by atoms with Crippen LogP contribution >= 0.6 is 0 Å². The van der Waals surface area contributed by atoms with Crippen LogP contribution in [-0.2, 0) is 5.41 Å². The van der Waals surface area contributed by atoms with Crippen LogP contribution in [0, 0.1) is 0 Å². The molecule has 3 rings (SSSR count). The van der Waals surface area contributed by atoms with Crippen molar-refractivity contribution in [2.75, 3.05) is 0 Å². The van der Waals surface area contributed by atoms with Gasteiger partial charge in [-0.1, -0.05) is 39.0 Å². The van der Waals surface area contributed by atoms with Gasteiger partial charge in [-0.25, -0.2) is 4.98 Å². The highest BCUT2D eigenvalue weighted by molar-refractivity contribution is 5.76. The van der Waals surface area contributed by atoms with Crippen LogP contribution in [0.2, 0.25) is 0 Å². The van der Waals surface area contributed by atoms with E-state index in [1.807, 2.05) is 30.7 Å².